The van der Waals surface area contributed by atoms with Gasteiger partial charge in [0.1, 0.15) is 18.2 Å². The second-order valence-corrected chi connectivity index (χ2v) is 6.77. The standard InChI is InChI=1S/C20H18ClF2N3O3/c1-3-24(4-2)18(27)11-25-17-9-12(21)5-7-14(17)19(28)26(20(25)29)16-8-6-13(22)10-15(16)23/h5-10H,3-4,11H2,1-2H3. The molecule has 152 valence electrons. The highest BCUT2D eigenvalue weighted by Crippen LogP contribution is 2.18. The lowest BCUT2D eigenvalue weighted by molar-refractivity contribution is -0.131. The molecule has 0 bridgehead atoms. The summed E-state index contributed by atoms with van der Waals surface area (Å²) in [6.45, 7) is 4.12. The van der Waals surface area contributed by atoms with Crippen molar-refractivity contribution in [1.29, 1.82) is 0 Å². The number of nitrogens with zero attached hydrogens (tertiary/aromatic N) is 3. The van der Waals surface area contributed by atoms with Crippen LogP contribution in [0.3, 0.4) is 0 Å². The fraction of sp³-hybridized carbons (Fsp3) is 0.250. The quantitative estimate of drug-likeness (QED) is 0.636. The van der Waals surface area contributed by atoms with Crippen LogP contribution < -0.4 is 11.2 Å². The number of halogens is 3. The van der Waals surface area contributed by atoms with Gasteiger partial charge in [-0.1, -0.05) is 11.6 Å². The number of hydrogen-bond acceptors (Lipinski definition) is 3. The van der Waals surface area contributed by atoms with Crippen molar-refractivity contribution >= 4 is 28.4 Å². The number of likely N-dealkylation sites (N-methyl/N-ethyl adjacent to an activating group) is 1. The zero-order valence-corrected chi connectivity index (χ0v) is 16.5. The van der Waals surface area contributed by atoms with Crippen LogP contribution in [0.1, 0.15) is 13.8 Å². The first-order valence-corrected chi connectivity index (χ1v) is 9.34. The number of rotatable bonds is 5. The van der Waals surface area contributed by atoms with Gasteiger partial charge in [-0.25, -0.2) is 18.1 Å². The van der Waals surface area contributed by atoms with E-state index in [1.54, 1.807) is 13.8 Å². The van der Waals surface area contributed by atoms with Gasteiger partial charge >= 0.3 is 5.69 Å². The third-order valence-electron chi connectivity index (χ3n) is 4.67. The number of aromatic nitrogens is 2. The number of carbonyl (C=O) groups excluding carboxylic acids is 1. The number of hydrogen-bond donors (Lipinski definition) is 0. The highest BCUT2D eigenvalue weighted by atomic mass is 35.5. The first-order valence-electron chi connectivity index (χ1n) is 8.96. The van der Waals surface area contributed by atoms with E-state index in [2.05, 4.69) is 0 Å². The molecule has 0 atom stereocenters. The van der Waals surface area contributed by atoms with Crippen LogP contribution in [0.25, 0.3) is 16.6 Å². The van der Waals surface area contributed by atoms with Gasteiger partial charge in [0.05, 0.1) is 16.6 Å². The highest BCUT2D eigenvalue weighted by molar-refractivity contribution is 6.31. The summed E-state index contributed by atoms with van der Waals surface area (Å²) in [6.07, 6.45) is 0. The minimum absolute atomic E-state index is 0.0741. The summed E-state index contributed by atoms with van der Waals surface area (Å²) in [7, 11) is 0. The molecule has 0 N–H and O–H groups in total. The van der Waals surface area contributed by atoms with Gasteiger partial charge < -0.3 is 4.90 Å². The largest absolute Gasteiger partial charge is 0.342 e. The minimum Gasteiger partial charge on any atom is -0.342 e. The van der Waals surface area contributed by atoms with E-state index >= 15 is 0 Å². The Morgan fingerprint density at radius 3 is 2.38 bits per heavy atom. The molecule has 6 nitrogen and oxygen atoms in total. The Morgan fingerprint density at radius 2 is 1.76 bits per heavy atom. The molecule has 1 heterocycles. The third kappa shape index (κ3) is 3.80. The van der Waals surface area contributed by atoms with Crippen molar-refractivity contribution in [2.45, 2.75) is 20.4 Å². The molecule has 0 aliphatic heterocycles. The molecular formula is C20H18ClF2N3O3. The van der Waals surface area contributed by atoms with Crippen molar-refractivity contribution in [1.82, 2.24) is 14.0 Å². The van der Waals surface area contributed by atoms with Crippen molar-refractivity contribution in [3.8, 4) is 5.69 Å². The maximum atomic E-state index is 14.3. The van der Waals surface area contributed by atoms with Crippen LogP contribution in [-0.2, 0) is 11.3 Å². The van der Waals surface area contributed by atoms with Gasteiger partial charge in [-0.05, 0) is 44.2 Å². The van der Waals surface area contributed by atoms with E-state index in [4.69, 9.17) is 11.6 Å². The van der Waals surface area contributed by atoms with E-state index in [1.165, 1.54) is 23.1 Å². The molecule has 0 saturated heterocycles. The molecule has 0 unspecified atom stereocenters. The zero-order chi connectivity index (χ0) is 21.3. The Labute approximate surface area is 169 Å². The molecule has 29 heavy (non-hydrogen) atoms. The molecule has 2 aromatic carbocycles. The minimum atomic E-state index is -1.07. The first-order chi connectivity index (χ1) is 13.8. The molecule has 9 heteroatoms. The summed E-state index contributed by atoms with van der Waals surface area (Å²) in [5.41, 5.74) is -1.96. The van der Waals surface area contributed by atoms with E-state index in [-0.39, 0.29) is 28.4 Å². The summed E-state index contributed by atoms with van der Waals surface area (Å²) in [5, 5.41) is 0.344. The molecule has 1 amide bonds. The maximum absolute atomic E-state index is 14.3. The first kappa shape index (κ1) is 20.7. The van der Waals surface area contributed by atoms with Crippen molar-refractivity contribution in [2.75, 3.05) is 13.1 Å². The SMILES string of the molecule is CCN(CC)C(=O)Cn1c(=O)n(-c2ccc(F)cc2F)c(=O)c2ccc(Cl)cc21. The fourth-order valence-corrected chi connectivity index (χ4v) is 3.35. The van der Waals surface area contributed by atoms with Crippen molar-refractivity contribution < 1.29 is 13.6 Å². The smallest absolute Gasteiger partial charge is 0.336 e. The monoisotopic (exact) mass is 421 g/mol. The van der Waals surface area contributed by atoms with E-state index < -0.39 is 28.6 Å². The predicted molar refractivity (Wildman–Crippen MR) is 107 cm³/mol. The number of fused-ring (bicyclic) bond motifs is 1. The molecule has 3 aromatic rings. The Balaban J connectivity index is 2.35. The summed E-state index contributed by atoms with van der Waals surface area (Å²) in [4.78, 5) is 40.2. The van der Waals surface area contributed by atoms with Gasteiger partial charge in [0.2, 0.25) is 5.91 Å². The van der Waals surface area contributed by atoms with Crippen LogP contribution in [-0.4, -0.2) is 33.0 Å². The van der Waals surface area contributed by atoms with E-state index in [1.807, 2.05) is 0 Å². The molecule has 0 spiro atoms. The van der Waals surface area contributed by atoms with Gasteiger partial charge in [0.25, 0.3) is 5.56 Å². The van der Waals surface area contributed by atoms with Crippen molar-refractivity contribution in [3.05, 3.63) is 73.9 Å². The Morgan fingerprint density at radius 1 is 1.07 bits per heavy atom. The van der Waals surface area contributed by atoms with Gasteiger partial charge in [0, 0.05) is 24.2 Å². The lowest BCUT2D eigenvalue weighted by Crippen LogP contribution is -2.43. The molecular weight excluding hydrogens is 404 g/mol. The molecule has 3 rings (SSSR count). The number of carbonyl (C=O) groups is 1. The van der Waals surface area contributed by atoms with Crippen LogP contribution >= 0.6 is 11.6 Å². The molecule has 0 aliphatic carbocycles. The second-order valence-electron chi connectivity index (χ2n) is 6.33. The van der Waals surface area contributed by atoms with E-state index in [9.17, 15) is 23.2 Å². The van der Waals surface area contributed by atoms with Gasteiger partial charge in [0.15, 0.2) is 0 Å². The topological polar surface area (TPSA) is 64.3 Å². The van der Waals surface area contributed by atoms with Crippen LogP contribution in [0, 0.1) is 11.6 Å². The Kier molecular flexibility index (Phi) is 5.83. The van der Waals surface area contributed by atoms with Gasteiger partial charge in [-0.15, -0.1) is 0 Å². The predicted octanol–water partition coefficient (Wildman–Crippen LogP) is 2.95. The van der Waals surface area contributed by atoms with Crippen molar-refractivity contribution in [3.63, 3.8) is 0 Å². The third-order valence-corrected chi connectivity index (χ3v) is 4.90. The summed E-state index contributed by atoms with van der Waals surface area (Å²) >= 11 is 6.03. The van der Waals surface area contributed by atoms with Crippen LogP contribution in [0.15, 0.2) is 46.0 Å². The lowest BCUT2D eigenvalue weighted by Gasteiger charge is -2.20. The number of benzene rings is 2. The number of amides is 1. The molecule has 0 aliphatic rings. The summed E-state index contributed by atoms with van der Waals surface area (Å²) < 4.78 is 29.3. The van der Waals surface area contributed by atoms with Crippen LogP contribution in [0.5, 0.6) is 0 Å². The Hall–Kier alpha value is -3.00. The zero-order valence-electron chi connectivity index (χ0n) is 15.8. The maximum Gasteiger partial charge on any atom is 0.336 e. The molecule has 0 fully saturated rings. The average Bonchev–Trinajstić information content (AvgIpc) is 2.67. The van der Waals surface area contributed by atoms with Crippen LogP contribution in [0.2, 0.25) is 5.02 Å². The van der Waals surface area contributed by atoms with Crippen LogP contribution in [0.4, 0.5) is 8.78 Å². The summed E-state index contributed by atoms with van der Waals surface area (Å²) in [5.74, 6) is -2.26. The fourth-order valence-electron chi connectivity index (χ4n) is 3.18. The van der Waals surface area contributed by atoms with Crippen molar-refractivity contribution in [2.24, 2.45) is 0 Å². The Bertz CT molecular complexity index is 1220. The second kappa shape index (κ2) is 8.16. The molecule has 1 aromatic heterocycles. The molecule has 0 radical (unpaired) electrons. The molecule has 0 saturated carbocycles. The normalized spacial score (nSPS) is 11.1. The lowest BCUT2D eigenvalue weighted by atomic mass is 10.2. The average molecular weight is 422 g/mol. The van der Waals surface area contributed by atoms with E-state index in [0.717, 1.165) is 16.7 Å². The highest BCUT2D eigenvalue weighted by Gasteiger charge is 2.20. The summed E-state index contributed by atoms with van der Waals surface area (Å²) in [6, 6.07) is 6.79. The van der Waals surface area contributed by atoms with E-state index in [0.29, 0.717) is 23.7 Å². The van der Waals surface area contributed by atoms with Gasteiger partial charge in [-0.2, -0.15) is 0 Å². The van der Waals surface area contributed by atoms with Gasteiger partial charge in [-0.3, -0.25) is 14.2 Å².